The predicted octanol–water partition coefficient (Wildman–Crippen LogP) is 3.59. The van der Waals surface area contributed by atoms with E-state index in [4.69, 9.17) is 4.42 Å². The highest BCUT2D eigenvalue weighted by atomic mass is 16.3. The van der Waals surface area contributed by atoms with Gasteiger partial charge >= 0.3 is 0 Å². The minimum atomic E-state index is 0.166. The summed E-state index contributed by atoms with van der Waals surface area (Å²) in [5.74, 6) is 1.59. The van der Waals surface area contributed by atoms with Crippen LogP contribution in [0.2, 0.25) is 0 Å². The second-order valence-corrected chi connectivity index (χ2v) is 6.10. The first-order valence-electron chi connectivity index (χ1n) is 7.37. The summed E-state index contributed by atoms with van der Waals surface area (Å²) in [6.45, 7) is 7.11. The second-order valence-electron chi connectivity index (χ2n) is 6.10. The first-order valence-corrected chi connectivity index (χ1v) is 7.37. The van der Waals surface area contributed by atoms with Crippen LogP contribution < -0.4 is 0 Å². The Hall–Kier alpha value is -1.61. The lowest BCUT2D eigenvalue weighted by atomic mass is 9.95. The normalized spacial score (nSPS) is 20.1. The van der Waals surface area contributed by atoms with Crippen LogP contribution >= 0.6 is 0 Å². The van der Waals surface area contributed by atoms with Gasteiger partial charge in [0, 0.05) is 11.9 Å². The van der Waals surface area contributed by atoms with Crippen molar-refractivity contribution in [1.82, 2.24) is 4.90 Å². The smallest absolute Gasteiger partial charge is 0.180 e. The van der Waals surface area contributed by atoms with Gasteiger partial charge in [-0.3, -0.25) is 9.69 Å². The molecule has 1 aliphatic heterocycles. The van der Waals surface area contributed by atoms with E-state index in [9.17, 15) is 4.79 Å². The van der Waals surface area contributed by atoms with Gasteiger partial charge < -0.3 is 4.42 Å². The molecule has 1 fully saturated rings. The minimum Gasteiger partial charge on any atom is -0.464 e. The van der Waals surface area contributed by atoms with Gasteiger partial charge in [0.05, 0.1) is 12.1 Å². The van der Waals surface area contributed by atoms with E-state index in [-0.39, 0.29) is 5.78 Å². The number of benzene rings is 1. The number of Topliss-reactive ketones (excluding diaryl/α,β-unsaturated/α-hetero) is 1. The van der Waals surface area contributed by atoms with Crippen LogP contribution in [-0.2, 0) is 0 Å². The molecule has 1 atom stereocenters. The first-order chi connectivity index (χ1) is 9.65. The molecule has 3 rings (SSSR count). The molecule has 0 spiro atoms. The number of furan rings is 1. The number of nitrogens with zero attached hydrogens (tertiary/aromatic N) is 1. The molecule has 0 amide bonds. The molecule has 1 aromatic heterocycles. The van der Waals surface area contributed by atoms with Crippen LogP contribution in [0.3, 0.4) is 0 Å². The third-order valence-electron chi connectivity index (χ3n) is 4.40. The Morgan fingerprint density at radius 2 is 2.20 bits per heavy atom. The number of para-hydroxylation sites is 1. The molecular formula is C17H21NO2. The third-order valence-corrected chi connectivity index (χ3v) is 4.40. The first kappa shape index (κ1) is 13.4. The van der Waals surface area contributed by atoms with Crippen LogP contribution in [0.25, 0.3) is 11.0 Å². The summed E-state index contributed by atoms with van der Waals surface area (Å²) in [4.78, 5) is 14.7. The Balaban J connectivity index is 1.71. The van der Waals surface area contributed by atoms with E-state index in [1.54, 1.807) is 6.26 Å². The van der Waals surface area contributed by atoms with E-state index in [1.807, 2.05) is 24.3 Å². The highest BCUT2D eigenvalue weighted by Crippen LogP contribution is 2.25. The van der Waals surface area contributed by atoms with Gasteiger partial charge in [0.1, 0.15) is 11.8 Å². The average Bonchev–Trinajstić information content (AvgIpc) is 3.04. The maximum Gasteiger partial charge on any atom is 0.180 e. The third kappa shape index (κ3) is 2.50. The van der Waals surface area contributed by atoms with E-state index < -0.39 is 0 Å². The SMILES string of the molecule is CC(C)C1CCN(CC(=O)c2coc3ccccc23)C1. The zero-order valence-corrected chi connectivity index (χ0v) is 12.1. The Morgan fingerprint density at radius 1 is 1.40 bits per heavy atom. The van der Waals surface area contributed by atoms with Crippen molar-refractivity contribution in [2.24, 2.45) is 11.8 Å². The molecule has 0 aliphatic carbocycles. The topological polar surface area (TPSA) is 33.5 Å². The van der Waals surface area contributed by atoms with E-state index in [0.717, 1.165) is 30.0 Å². The lowest BCUT2D eigenvalue weighted by molar-refractivity contribution is 0.0942. The van der Waals surface area contributed by atoms with Crippen LogP contribution in [0.4, 0.5) is 0 Å². The lowest BCUT2D eigenvalue weighted by Gasteiger charge is -2.16. The van der Waals surface area contributed by atoms with Crippen molar-refractivity contribution in [3.63, 3.8) is 0 Å². The molecule has 2 aromatic rings. The Morgan fingerprint density at radius 3 is 2.95 bits per heavy atom. The molecule has 2 heterocycles. The van der Waals surface area contributed by atoms with Crippen LogP contribution in [0.5, 0.6) is 0 Å². The van der Waals surface area contributed by atoms with E-state index in [0.29, 0.717) is 18.0 Å². The Bertz CT molecular complexity index is 614. The molecule has 0 N–H and O–H groups in total. The van der Waals surface area contributed by atoms with Crippen molar-refractivity contribution in [3.05, 3.63) is 36.1 Å². The molecule has 1 aromatic carbocycles. The number of likely N-dealkylation sites (tertiary alicyclic amines) is 1. The number of ketones is 1. The van der Waals surface area contributed by atoms with Gasteiger partial charge in [0.25, 0.3) is 0 Å². The quantitative estimate of drug-likeness (QED) is 0.797. The van der Waals surface area contributed by atoms with Crippen LogP contribution in [0.1, 0.15) is 30.6 Å². The maximum atomic E-state index is 12.5. The number of fused-ring (bicyclic) bond motifs is 1. The van der Waals surface area contributed by atoms with Crippen molar-refractivity contribution in [2.45, 2.75) is 20.3 Å². The highest BCUT2D eigenvalue weighted by molar-refractivity contribution is 6.08. The Kier molecular flexibility index (Phi) is 3.62. The molecule has 1 aliphatic rings. The monoisotopic (exact) mass is 271 g/mol. The molecule has 0 radical (unpaired) electrons. The molecule has 3 heteroatoms. The van der Waals surface area contributed by atoms with E-state index in [1.165, 1.54) is 6.42 Å². The minimum absolute atomic E-state index is 0.166. The van der Waals surface area contributed by atoms with Gasteiger partial charge in [-0.1, -0.05) is 32.0 Å². The van der Waals surface area contributed by atoms with Gasteiger partial charge in [-0.2, -0.15) is 0 Å². The van der Waals surface area contributed by atoms with Gasteiger partial charge in [-0.25, -0.2) is 0 Å². The van der Waals surface area contributed by atoms with Crippen LogP contribution in [0, 0.1) is 11.8 Å². The fraction of sp³-hybridized carbons (Fsp3) is 0.471. The van der Waals surface area contributed by atoms with Gasteiger partial charge in [0.2, 0.25) is 0 Å². The maximum absolute atomic E-state index is 12.5. The van der Waals surface area contributed by atoms with Crippen molar-refractivity contribution >= 4 is 16.8 Å². The molecular weight excluding hydrogens is 250 g/mol. The standard InChI is InChI=1S/C17H21NO2/c1-12(2)13-7-8-18(9-13)10-16(19)15-11-20-17-6-4-3-5-14(15)17/h3-6,11-13H,7-10H2,1-2H3. The Labute approximate surface area is 119 Å². The molecule has 20 heavy (non-hydrogen) atoms. The molecule has 0 bridgehead atoms. The summed E-state index contributed by atoms with van der Waals surface area (Å²) in [7, 11) is 0. The van der Waals surface area contributed by atoms with Gasteiger partial charge in [0.15, 0.2) is 5.78 Å². The van der Waals surface area contributed by atoms with Gasteiger partial charge in [-0.15, -0.1) is 0 Å². The summed E-state index contributed by atoms with van der Waals surface area (Å²) in [6, 6.07) is 7.72. The number of carbonyl (C=O) groups excluding carboxylic acids is 1. The molecule has 1 unspecified atom stereocenters. The van der Waals surface area contributed by atoms with Crippen molar-refractivity contribution < 1.29 is 9.21 Å². The summed E-state index contributed by atoms with van der Waals surface area (Å²) < 4.78 is 5.45. The van der Waals surface area contributed by atoms with Crippen molar-refractivity contribution in [2.75, 3.05) is 19.6 Å². The van der Waals surface area contributed by atoms with Crippen LogP contribution in [0.15, 0.2) is 34.9 Å². The zero-order valence-electron chi connectivity index (χ0n) is 12.1. The van der Waals surface area contributed by atoms with E-state index in [2.05, 4.69) is 18.7 Å². The second kappa shape index (κ2) is 5.41. The zero-order chi connectivity index (χ0) is 14.1. The fourth-order valence-corrected chi connectivity index (χ4v) is 3.03. The fourth-order valence-electron chi connectivity index (χ4n) is 3.03. The van der Waals surface area contributed by atoms with Crippen molar-refractivity contribution in [1.29, 1.82) is 0 Å². The molecule has 3 nitrogen and oxygen atoms in total. The summed E-state index contributed by atoms with van der Waals surface area (Å²) in [5, 5.41) is 0.928. The highest BCUT2D eigenvalue weighted by Gasteiger charge is 2.27. The molecule has 1 saturated heterocycles. The molecule has 0 saturated carbocycles. The van der Waals surface area contributed by atoms with Crippen molar-refractivity contribution in [3.8, 4) is 0 Å². The number of rotatable bonds is 4. The largest absolute Gasteiger partial charge is 0.464 e. The molecule has 106 valence electrons. The van der Waals surface area contributed by atoms with Gasteiger partial charge in [-0.05, 0) is 30.9 Å². The van der Waals surface area contributed by atoms with E-state index >= 15 is 0 Å². The number of hydrogen-bond donors (Lipinski definition) is 0. The van der Waals surface area contributed by atoms with Crippen LogP contribution in [-0.4, -0.2) is 30.3 Å². The average molecular weight is 271 g/mol. The summed E-state index contributed by atoms with van der Waals surface area (Å²) >= 11 is 0. The summed E-state index contributed by atoms with van der Waals surface area (Å²) in [5.41, 5.74) is 1.51. The summed E-state index contributed by atoms with van der Waals surface area (Å²) in [6.07, 6.45) is 2.81. The number of carbonyl (C=O) groups is 1. The lowest BCUT2D eigenvalue weighted by Crippen LogP contribution is -2.28. The number of hydrogen-bond acceptors (Lipinski definition) is 3. The predicted molar refractivity (Wildman–Crippen MR) is 79.9 cm³/mol.